The third-order valence-electron chi connectivity index (χ3n) is 3.32. The minimum absolute atomic E-state index is 0.133. The molecule has 23 heavy (non-hydrogen) atoms. The Morgan fingerprint density at radius 2 is 1.96 bits per heavy atom. The van der Waals surface area contributed by atoms with E-state index in [1.807, 2.05) is 13.8 Å². The van der Waals surface area contributed by atoms with Crippen LogP contribution in [0.3, 0.4) is 0 Å². The predicted octanol–water partition coefficient (Wildman–Crippen LogP) is 1.88. The number of benzene rings is 1. The van der Waals surface area contributed by atoms with Crippen molar-refractivity contribution in [1.29, 1.82) is 0 Å². The smallest absolute Gasteiger partial charge is 0.255 e. The van der Waals surface area contributed by atoms with Gasteiger partial charge in [0, 0.05) is 12.1 Å². The maximum absolute atomic E-state index is 11.8. The van der Waals surface area contributed by atoms with Gasteiger partial charge in [0.15, 0.2) is 18.1 Å². The largest absolute Gasteiger partial charge is 0.493 e. The number of amides is 2. The molecule has 6 nitrogen and oxygen atoms in total. The van der Waals surface area contributed by atoms with Crippen molar-refractivity contribution in [2.45, 2.75) is 32.7 Å². The monoisotopic (exact) mass is 320 g/mol. The van der Waals surface area contributed by atoms with Gasteiger partial charge in [0.2, 0.25) is 5.91 Å². The topological polar surface area (TPSA) is 90.6 Å². The van der Waals surface area contributed by atoms with E-state index in [1.54, 1.807) is 24.3 Å². The molecule has 1 rings (SSSR count). The van der Waals surface area contributed by atoms with E-state index < -0.39 is 5.91 Å². The second kappa shape index (κ2) is 9.50. The molecule has 0 aromatic heterocycles. The van der Waals surface area contributed by atoms with Gasteiger partial charge in [-0.1, -0.05) is 19.9 Å². The number of hydrogen-bond acceptors (Lipinski definition) is 4. The van der Waals surface area contributed by atoms with Gasteiger partial charge < -0.3 is 20.5 Å². The Hall–Kier alpha value is -2.50. The van der Waals surface area contributed by atoms with Crippen molar-refractivity contribution >= 4 is 17.9 Å². The van der Waals surface area contributed by atoms with Crippen molar-refractivity contribution in [3.63, 3.8) is 0 Å². The minimum Gasteiger partial charge on any atom is -0.493 e. The highest BCUT2D eigenvalue weighted by Gasteiger charge is 2.07. The quantitative estimate of drug-likeness (QED) is 0.680. The number of carbonyl (C=O) groups excluding carboxylic acids is 2. The van der Waals surface area contributed by atoms with Gasteiger partial charge >= 0.3 is 0 Å². The summed E-state index contributed by atoms with van der Waals surface area (Å²) in [7, 11) is 1.50. The van der Waals surface area contributed by atoms with Crippen LogP contribution in [0.4, 0.5) is 0 Å². The van der Waals surface area contributed by atoms with Gasteiger partial charge in [-0.2, -0.15) is 0 Å². The van der Waals surface area contributed by atoms with E-state index in [-0.39, 0.29) is 18.6 Å². The molecular formula is C17H24N2O4. The number of primary amides is 1. The molecule has 126 valence electrons. The molecule has 1 aromatic carbocycles. The Morgan fingerprint density at radius 1 is 1.26 bits per heavy atom. The van der Waals surface area contributed by atoms with Crippen LogP contribution in [0.1, 0.15) is 32.3 Å². The third-order valence-corrected chi connectivity index (χ3v) is 3.32. The molecule has 0 bridgehead atoms. The number of hydrogen-bond donors (Lipinski definition) is 2. The summed E-state index contributed by atoms with van der Waals surface area (Å²) < 4.78 is 10.5. The van der Waals surface area contributed by atoms with E-state index in [1.165, 1.54) is 13.2 Å². The van der Waals surface area contributed by atoms with Crippen LogP contribution in [0.2, 0.25) is 0 Å². The standard InChI is InChI=1S/C17H24N2O4/c1-4-13(5-2)19-17(21)9-7-12-6-8-14(15(10-12)22-3)23-11-16(18)20/h6-10,13H,4-5,11H2,1-3H3,(H2,18,20)(H,19,21)/b9-7+. The Balaban J connectivity index is 2.75. The van der Waals surface area contributed by atoms with E-state index in [2.05, 4.69) is 5.32 Å². The molecule has 2 amide bonds. The Morgan fingerprint density at radius 3 is 2.52 bits per heavy atom. The summed E-state index contributed by atoms with van der Waals surface area (Å²) in [4.78, 5) is 22.6. The van der Waals surface area contributed by atoms with E-state index >= 15 is 0 Å². The van der Waals surface area contributed by atoms with Crippen LogP contribution in [-0.2, 0) is 9.59 Å². The number of methoxy groups -OCH3 is 1. The molecule has 0 heterocycles. The fourth-order valence-electron chi connectivity index (χ4n) is 1.97. The molecule has 0 aliphatic rings. The summed E-state index contributed by atoms with van der Waals surface area (Å²) in [5.74, 6) is 0.194. The summed E-state index contributed by atoms with van der Waals surface area (Å²) >= 11 is 0. The second-order valence-electron chi connectivity index (χ2n) is 5.02. The van der Waals surface area contributed by atoms with Crippen molar-refractivity contribution in [2.75, 3.05) is 13.7 Å². The zero-order chi connectivity index (χ0) is 17.2. The molecular weight excluding hydrogens is 296 g/mol. The van der Waals surface area contributed by atoms with Gasteiger partial charge in [0.1, 0.15) is 0 Å². The van der Waals surface area contributed by atoms with Gasteiger partial charge in [-0.15, -0.1) is 0 Å². The Bertz CT molecular complexity index is 566. The van der Waals surface area contributed by atoms with Crippen LogP contribution in [0.15, 0.2) is 24.3 Å². The van der Waals surface area contributed by atoms with Crippen LogP contribution >= 0.6 is 0 Å². The summed E-state index contributed by atoms with van der Waals surface area (Å²) in [5, 5.41) is 2.93. The van der Waals surface area contributed by atoms with E-state index in [0.717, 1.165) is 18.4 Å². The van der Waals surface area contributed by atoms with Crippen LogP contribution in [0.5, 0.6) is 11.5 Å². The number of nitrogens with two attached hydrogens (primary N) is 1. The molecule has 0 aliphatic carbocycles. The SMILES string of the molecule is CCC(CC)NC(=O)/C=C/c1ccc(OCC(N)=O)c(OC)c1. The summed E-state index contributed by atoms with van der Waals surface area (Å²) in [5.41, 5.74) is 5.83. The molecule has 0 aliphatic heterocycles. The zero-order valence-electron chi connectivity index (χ0n) is 13.8. The second-order valence-corrected chi connectivity index (χ2v) is 5.02. The number of carbonyl (C=O) groups is 2. The minimum atomic E-state index is -0.561. The van der Waals surface area contributed by atoms with Crippen molar-refractivity contribution in [3.05, 3.63) is 29.8 Å². The summed E-state index contributed by atoms with van der Waals surface area (Å²) in [6, 6.07) is 5.34. The molecule has 6 heteroatoms. The Kier molecular flexibility index (Phi) is 7.66. The highest BCUT2D eigenvalue weighted by Crippen LogP contribution is 2.28. The van der Waals surface area contributed by atoms with Crippen molar-refractivity contribution in [3.8, 4) is 11.5 Å². The maximum Gasteiger partial charge on any atom is 0.255 e. The average molecular weight is 320 g/mol. The molecule has 0 fully saturated rings. The first-order valence-electron chi connectivity index (χ1n) is 7.57. The fourth-order valence-corrected chi connectivity index (χ4v) is 1.97. The molecule has 3 N–H and O–H groups in total. The lowest BCUT2D eigenvalue weighted by Gasteiger charge is -2.12. The van der Waals surface area contributed by atoms with Gasteiger partial charge in [0.05, 0.1) is 7.11 Å². The molecule has 0 spiro atoms. The first kappa shape index (κ1) is 18.5. The highest BCUT2D eigenvalue weighted by molar-refractivity contribution is 5.92. The molecule has 1 aromatic rings. The van der Waals surface area contributed by atoms with Crippen LogP contribution < -0.4 is 20.5 Å². The van der Waals surface area contributed by atoms with E-state index in [0.29, 0.717) is 11.5 Å². The molecule has 0 atom stereocenters. The summed E-state index contributed by atoms with van der Waals surface area (Å²) in [6.07, 6.45) is 4.97. The third kappa shape index (κ3) is 6.42. The average Bonchev–Trinajstić information content (AvgIpc) is 2.56. The van der Waals surface area contributed by atoms with Gasteiger partial charge in [-0.05, 0) is 36.6 Å². The maximum atomic E-state index is 11.8. The molecule has 0 saturated heterocycles. The summed E-state index contributed by atoms with van der Waals surface area (Å²) in [6.45, 7) is 3.85. The van der Waals surface area contributed by atoms with Gasteiger partial charge in [-0.3, -0.25) is 9.59 Å². The van der Waals surface area contributed by atoms with Crippen molar-refractivity contribution in [1.82, 2.24) is 5.32 Å². The number of rotatable bonds is 9. The highest BCUT2D eigenvalue weighted by atomic mass is 16.5. The molecule has 0 radical (unpaired) electrons. The Labute approximate surface area is 136 Å². The van der Waals surface area contributed by atoms with Crippen molar-refractivity contribution in [2.24, 2.45) is 5.73 Å². The fraction of sp³-hybridized carbons (Fsp3) is 0.412. The first-order valence-corrected chi connectivity index (χ1v) is 7.57. The number of nitrogens with one attached hydrogen (secondary N) is 1. The lowest BCUT2D eigenvalue weighted by atomic mass is 10.1. The van der Waals surface area contributed by atoms with E-state index in [9.17, 15) is 9.59 Å². The molecule has 0 unspecified atom stereocenters. The van der Waals surface area contributed by atoms with Crippen molar-refractivity contribution < 1.29 is 19.1 Å². The lowest BCUT2D eigenvalue weighted by Crippen LogP contribution is -2.32. The normalized spacial score (nSPS) is 10.8. The predicted molar refractivity (Wildman–Crippen MR) is 89.2 cm³/mol. The lowest BCUT2D eigenvalue weighted by molar-refractivity contribution is -0.120. The van der Waals surface area contributed by atoms with E-state index in [4.69, 9.17) is 15.2 Å². The van der Waals surface area contributed by atoms with Gasteiger partial charge in [0.25, 0.3) is 5.91 Å². The van der Waals surface area contributed by atoms with Crippen LogP contribution in [0, 0.1) is 0 Å². The first-order chi connectivity index (χ1) is 11.0. The van der Waals surface area contributed by atoms with Gasteiger partial charge in [-0.25, -0.2) is 0 Å². The zero-order valence-corrected chi connectivity index (χ0v) is 13.8. The number of ether oxygens (including phenoxy) is 2. The molecule has 0 saturated carbocycles. The van der Waals surface area contributed by atoms with Crippen LogP contribution in [0.25, 0.3) is 6.08 Å². The van der Waals surface area contributed by atoms with Crippen LogP contribution in [-0.4, -0.2) is 31.6 Å².